The molecule has 5 nitrogen and oxygen atoms in total. The second-order valence-electron chi connectivity index (χ2n) is 16.8. The van der Waals surface area contributed by atoms with Crippen molar-refractivity contribution >= 4 is 5.97 Å². The molecule has 2 spiro atoms. The minimum Gasteiger partial charge on any atom is -0.485 e. The van der Waals surface area contributed by atoms with Gasteiger partial charge in [0.15, 0.2) is 11.5 Å². The molecule has 2 heterocycles. The highest BCUT2D eigenvalue weighted by atomic mass is 16.6. The van der Waals surface area contributed by atoms with Crippen molar-refractivity contribution in [3.05, 3.63) is 23.3 Å². The number of piperidine rings is 1. The average Bonchev–Trinajstić information content (AvgIpc) is 3.57. The van der Waals surface area contributed by atoms with Gasteiger partial charge in [-0.3, -0.25) is 9.69 Å². The fraction of sp³-hybridized carbons (Fsp3) is 0.794. The molecule has 4 saturated carbocycles. The third-order valence-electron chi connectivity index (χ3n) is 12.8. The number of ether oxygens (including phenoxy) is 2. The fourth-order valence-electron chi connectivity index (χ4n) is 10.0. The molecule has 1 N–H and O–H groups in total. The molecule has 0 aromatic heterocycles. The SMILES string of the molecule is CC(C)(C)C(=O)Oc1ccc2c3c1O[C@H]1C4(C)CCC5(CC4[C@@](C)(O)C(C)(C)C)C(C2)N(CC2CC2)CC[C@]315. The molecule has 0 radical (unpaired) electrons. The topological polar surface area (TPSA) is 59.0 Å². The zero-order valence-electron chi connectivity index (χ0n) is 25.4. The molecule has 1 aromatic carbocycles. The molecule has 7 aliphatic rings. The molecule has 1 saturated heterocycles. The predicted octanol–water partition coefficient (Wildman–Crippen LogP) is 6.28. The lowest BCUT2D eigenvalue weighted by molar-refractivity contribution is -0.276. The van der Waals surface area contributed by atoms with Crippen LogP contribution in [-0.4, -0.2) is 46.8 Å². The van der Waals surface area contributed by atoms with Gasteiger partial charge in [0.1, 0.15) is 6.10 Å². The molecule has 4 unspecified atom stereocenters. The first-order chi connectivity index (χ1) is 18.1. The van der Waals surface area contributed by atoms with Crippen LogP contribution in [0, 0.1) is 33.5 Å². The van der Waals surface area contributed by atoms with Crippen LogP contribution in [-0.2, 0) is 16.6 Å². The van der Waals surface area contributed by atoms with Gasteiger partial charge < -0.3 is 14.6 Å². The molecule has 0 amide bonds. The van der Waals surface area contributed by atoms with Crippen molar-refractivity contribution in [1.82, 2.24) is 4.90 Å². The van der Waals surface area contributed by atoms with E-state index in [4.69, 9.17) is 9.47 Å². The molecule has 7 atom stereocenters. The second kappa shape index (κ2) is 7.62. The maximum atomic E-state index is 13.1. The van der Waals surface area contributed by atoms with Gasteiger partial charge in [-0.1, -0.05) is 33.8 Å². The number of aliphatic hydroxyl groups is 1. The zero-order chi connectivity index (χ0) is 28.0. The van der Waals surface area contributed by atoms with E-state index in [-0.39, 0.29) is 39.7 Å². The third-order valence-corrected chi connectivity index (χ3v) is 12.8. The van der Waals surface area contributed by atoms with Crippen LogP contribution in [0.4, 0.5) is 0 Å². The monoisotopic (exact) mass is 535 g/mol. The van der Waals surface area contributed by atoms with Gasteiger partial charge in [0, 0.05) is 34.4 Å². The number of rotatable bonds is 4. The van der Waals surface area contributed by atoms with Gasteiger partial charge in [0.2, 0.25) is 0 Å². The molecular weight excluding hydrogens is 486 g/mol. The molecule has 2 aliphatic heterocycles. The summed E-state index contributed by atoms with van der Waals surface area (Å²) in [5, 5.41) is 12.3. The van der Waals surface area contributed by atoms with E-state index >= 15 is 0 Å². The molecule has 39 heavy (non-hydrogen) atoms. The van der Waals surface area contributed by atoms with E-state index in [1.54, 1.807) is 0 Å². The first-order valence-electron chi connectivity index (χ1n) is 15.6. The second-order valence-corrected chi connectivity index (χ2v) is 16.8. The van der Waals surface area contributed by atoms with Crippen molar-refractivity contribution in [2.75, 3.05) is 13.1 Å². The van der Waals surface area contributed by atoms with Crippen LogP contribution >= 0.6 is 0 Å². The maximum Gasteiger partial charge on any atom is 0.316 e. The average molecular weight is 536 g/mol. The summed E-state index contributed by atoms with van der Waals surface area (Å²) in [7, 11) is 0. The number of benzene rings is 1. The summed E-state index contributed by atoms with van der Waals surface area (Å²) in [5.41, 5.74) is 0.906. The van der Waals surface area contributed by atoms with Crippen molar-refractivity contribution in [2.45, 2.75) is 123 Å². The van der Waals surface area contributed by atoms with Gasteiger partial charge in [0.05, 0.1) is 11.0 Å². The van der Waals surface area contributed by atoms with Crippen LogP contribution in [0.15, 0.2) is 12.1 Å². The molecule has 214 valence electrons. The van der Waals surface area contributed by atoms with Crippen molar-refractivity contribution in [3.63, 3.8) is 0 Å². The van der Waals surface area contributed by atoms with Gasteiger partial charge >= 0.3 is 5.97 Å². The summed E-state index contributed by atoms with van der Waals surface area (Å²) in [6.45, 7) is 19.1. The number of nitrogens with zero attached hydrogens (tertiary/aromatic N) is 1. The van der Waals surface area contributed by atoms with Crippen LogP contribution < -0.4 is 9.47 Å². The highest BCUT2D eigenvalue weighted by molar-refractivity contribution is 5.79. The normalized spacial score (nSPS) is 40.1. The minimum absolute atomic E-state index is 0.0135. The van der Waals surface area contributed by atoms with E-state index in [1.165, 1.54) is 36.9 Å². The van der Waals surface area contributed by atoms with Crippen molar-refractivity contribution in [3.8, 4) is 11.5 Å². The molecule has 5 fully saturated rings. The minimum atomic E-state index is -0.827. The summed E-state index contributed by atoms with van der Waals surface area (Å²) in [5.74, 6) is 2.19. The van der Waals surface area contributed by atoms with E-state index in [0.717, 1.165) is 43.9 Å². The Hall–Kier alpha value is -1.59. The number of likely N-dealkylation sites (tertiary alicyclic amines) is 1. The molecule has 5 heteroatoms. The van der Waals surface area contributed by atoms with E-state index in [1.807, 2.05) is 26.8 Å². The first-order valence-corrected chi connectivity index (χ1v) is 15.6. The van der Waals surface area contributed by atoms with Crippen molar-refractivity contribution in [2.24, 2.45) is 33.5 Å². The number of carbonyl (C=O) groups is 1. The summed E-state index contributed by atoms with van der Waals surface area (Å²) in [6, 6.07) is 4.71. The van der Waals surface area contributed by atoms with Crippen LogP contribution in [0.3, 0.4) is 0 Å². The van der Waals surface area contributed by atoms with E-state index in [2.05, 4.69) is 45.6 Å². The number of carbonyl (C=O) groups excluding carboxylic acids is 1. The Labute approximate surface area is 235 Å². The first kappa shape index (κ1) is 26.3. The lowest BCUT2D eigenvalue weighted by atomic mass is 9.31. The van der Waals surface area contributed by atoms with Crippen molar-refractivity contribution in [1.29, 1.82) is 0 Å². The van der Waals surface area contributed by atoms with Gasteiger partial charge in [-0.25, -0.2) is 0 Å². The third kappa shape index (κ3) is 3.18. The lowest BCUT2D eigenvalue weighted by Crippen LogP contribution is -2.80. The zero-order valence-corrected chi connectivity index (χ0v) is 25.4. The highest BCUT2D eigenvalue weighted by Crippen LogP contribution is 2.79. The summed E-state index contributed by atoms with van der Waals surface area (Å²) < 4.78 is 13.3. The lowest BCUT2D eigenvalue weighted by Gasteiger charge is -2.75. The Morgan fingerprint density at radius 1 is 1.10 bits per heavy atom. The van der Waals surface area contributed by atoms with Gasteiger partial charge in [0.25, 0.3) is 0 Å². The standard InChI is InChI=1S/C34H49NO4/c1-29(2,3)28(36)38-22-12-11-21-17-24-33-14-13-31(7,23(18-33)32(8,37)30(4,5)6)27-34(33,25(21)26(22)39-27)15-16-35(24)19-20-9-10-20/h11-12,20,23-24,27,37H,9-10,13-19H2,1-8H3/t23?,24?,27-,31?,32+,33?,34-/m0/s1. The van der Waals surface area contributed by atoms with E-state index < -0.39 is 11.0 Å². The molecular formula is C34H49NO4. The summed E-state index contributed by atoms with van der Waals surface area (Å²) >= 11 is 0. The number of esters is 1. The van der Waals surface area contributed by atoms with Crippen LogP contribution in [0.25, 0.3) is 0 Å². The quantitative estimate of drug-likeness (QED) is 0.363. The van der Waals surface area contributed by atoms with E-state index in [9.17, 15) is 9.90 Å². The molecule has 5 aliphatic carbocycles. The largest absolute Gasteiger partial charge is 0.485 e. The Balaban J connectivity index is 1.42. The molecule has 8 rings (SSSR count). The van der Waals surface area contributed by atoms with Crippen molar-refractivity contribution < 1.29 is 19.4 Å². The summed E-state index contributed by atoms with van der Waals surface area (Å²) in [4.78, 5) is 15.9. The Morgan fingerprint density at radius 2 is 1.82 bits per heavy atom. The van der Waals surface area contributed by atoms with Crippen LogP contribution in [0.5, 0.6) is 11.5 Å². The van der Waals surface area contributed by atoms with Crippen LogP contribution in [0.1, 0.15) is 105 Å². The van der Waals surface area contributed by atoms with Crippen LogP contribution in [0.2, 0.25) is 0 Å². The highest BCUT2D eigenvalue weighted by Gasteiger charge is 2.80. The summed E-state index contributed by atoms with van der Waals surface area (Å²) in [6.07, 6.45) is 8.16. The Morgan fingerprint density at radius 3 is 2.46 bits per heavy atom. The number of hydrogen-bond acceptors (Lipinski definition) is 5. The Kier molecular flexibility index (Phi) is 5.14. The Bertz CT molecular complexity index is 1230. The number of fused-ring (bicyclic) bond motifs is 2. The maximum absolute atomic E-state index is 13.1. The smallest absolute Gasteiger partial charge is 0.316 e. The van der Waals surface area contributed by atoms with Gasteiger partial charge in [-0.15, -0.1) is 0 Å². The van der Waals surface area contributed by atoms with Gasteiger partial charge in [-0.2, -0.15) is 0 Å². The fourth-order valence-corrected chi connectivity index (χ4v) is 10.0. The molecule has 1 aromatic rings. The number of hydrogen-bond donors (Lipinski definition) is 1. The van der Waals surface area contributed by atoms with Gasteiger partial charge in [-0.05, 0) is 108 Å². The molecule has 4 bridgehead atoms. The van der Waals surface area contributed by atoms with E-state index in [0.29, 0.717) is 11.8 Å². The predicted molar refractivity (Wildman–Crippen MR) is 152 cm³/mol.